The number of hydrogen-bond acceptors (Lipinski definition) is 3. The van der Waals surface area contributed by atoms with Crippen LogP contribution in [0.3, 0.4) is 0 Å². The van der Waals surface area contributed by atoms with Crippen molar-refractivity contribution in [2.24, 2.45) is 0 Å². The largest absolute Gasteiger partial charge is 0.338 e. The molecule has 140 valence electrons. The average molecular weight is 370 g/mol. The molecular formula is C20H20F2N4O. The summed E-state index contributed by atoms with van der Waals surface area (Å²) in [4.78, 5) is 18.8. The number of amides is 1. The number of aromatic nitrogens is 3. The van der Waals surface area contributed by atoms with Crippen LogP contribution in [0.25, 0.3) is 5.65 Å². The lowest BCUT2D eigenvalue weighted by atomic mass is 9.85. The molecular weight excluding hydrogens is 350 g/mol. The second kappa shape index (κ2) is 6.40. The van der Waals surface area contributed by atoms with Gasteiger partial charge in [0.2, 0.25) is 0 Å². The highest BCUT2D eigenvalue weighted by Gasteiger charge is 2.38. The van der Waals surface area contributed by atoms with E-state index in [0.717, 1.165) is 0 Å². The summed E-state index contributed by atoms with van der Waals surface area (Å²) in [6.07, 6.45) is 3.45. The number of halogens is 2. The summed E-state index contributed by atoms with van der Waals surface area (Å²) in [7, 11) is 0. The molecule has 0 spiro atoms. The fraction of sp³-hybridized carbons (Fsp3) is 0.350. The Kier molecular flexibility index (Phi) is 4.17. The van der Waals surface area contributed by atoms with E-state index in [1.165, 1.54) is 12.1 Å². The first-order valence-electron chi connectivity index (χ1n) is 8.93. The van der Waals surface area contributed by atoms with Crippen LogP contribution in [0.2, 0.25) is 0 Å². The lowest BCUT2D eigenvalue weighted by molar-refractivity contribution is 0.0418. The minimum absolute atomic E-state index is 0.137. The maximum atomic E-state index is 15.4. The molecule has 5 nitrogen and oxygen atoms in total. The molecule has 1 saturated heterocycles. The number of fused-ring (bicyclic) bond motifs is 1. The first kappa shape index (κ1) is 17.6. The highest BCUT2D eigenvalue weighted by Crippen LogP contribution is 2.38. The summed E-state index contributed by atoms with van der Waals surface area (Å²) in [5.41, 5.74) is 1.25. The predicted molar refractivity (Wildman–Crippen MR) is 96.8 cm³/mol. The third-order valence-corrected chi connectivity index (χ3v) is 5.29. The fourth-order valence-corrected chi connectivity index (χ4v) is 3.72. The van der Waals surface area contributed by atoms with Crippen molar-refractivity contribution in [1.29, 1.82) is 0 Å². The number of likely N-dealkylation sites (tertiary alicyclic amines) is 1. The van der Waals surface area contributed by atoms with Crippen LogP contribution in [0.15, 0.2) is 36.7 Å². The molecule has 1 fully saturated rings. The van der Waals surface area contributed by atoms with Crippen molar-refractivity contribution in [3.8, 4) is 0 Å². The van der Waals surface area contributed by atoms with Crippen molar-refractivity contribution in [1.82, 2.24) is 19.5 Å². The van der Waals surface area contributed by atoms with Crippen molar-refractivity contribution in [3.63, 3.8) is 0 Å². The highest BCUT2D eigenvalue weighted by molar-refractivity contribution is 5.95. The van der Waals surface area contributed by atoms with Crippen LogP contribution in [0.1, 0.15) is 40.0 Å². The van der Waals surface area contributed by atoms with Crippen molar-refractivity contribution >= 4 is 11.6 Å². The molecule has 4 rings (SSSR count). The fourth-order valence-electron chi connectivity index (χ4n) is 3.72. The molecule has 1 amide bonds. The molecule has 0 N–H and O–H groups in total. The number of carbonyl (C=O) groups is 1. The number of carbonyl (C=O) groups excluding carboxylic acids is 1. The van der Waals surface area contributed by atoms with Gasteiger partial charge in [0.25, 0.3) is 5.91 Å². The van der Waals surface area contributed by atoms with Crippen LogP contribution in [0, 0.1) is 19.7 Å². The van der Waals surface area contributed by atoms with Crippen LogP contribution in [0.4, 0.5) is 8.78 Å². The summed E-state index contributed by atoms with van der Waals surface area (Å²) in [6, 6.07) is 6.08. The number of nitrogens with zero attached hydrogens (tertiary/aromatic N) is 4. The Morgan fingerprint density at radius 2 is 1.93 bits per heavy atom. The van der Waals surface area contributed by atoms with Gasteiger partial charge in [-0.25, -0.2) is 18.3 Å². The molecule has 1 aliphatic rings. The van der Waals surface area contributed by atoms with Gasteiger partial charge in [-0.15, -0.1) is 0 Å². The molecule has 1 aliphatic heterocycles. The highest BCUT2D eigenvalue weighted by atomic mass is 19.1. The van der Waals surface area contributed by atoms with Gasteiger partial charge in [0.15, 0.2) is 5.65 Å². The molecule has 0 unspecified atom stereocenters. The first-order chi connectivity index (χ1) is 12.9. The minimum Gasteiger partial charge on any atom is -0.338 e. The molecule has 1 aromatic carbocycles. The van der Waals surface area contributed by atoms with Crippen LogP contribution < -0.4 is 0 Å². The van der Waals surface area contributed by atoms with Crippen LogP contribution >= 0.6 is 0 Å². The Bertz CT molecular complexity index is 1000. The van der Waals surface area contributed by atoms with Gasteiger partial charge in [-0.3, -0.25) is 4.79 Å². The van der Waals surface area contributed by atoms with E-state index in [1.807, 2.05) is 6.92 Å². The summed E-state index contributed by atoms with van der Waals surface area (Å²) < 4.78 is 30.7. The maximum Gasteiger partial charge on any atom is 0.257 e. The molecule has 7 heteroatoms. The van der Waals surface area contributed by atoms with E-state index >= 15 is 4.39 Å². The van der Waals surface area contributed by atoms with Gasteiger partial charge in [-0.2, -0.15) is 5.10 Å². The molecule has 0 atom stereocenters. The smallest absolute Gasteiger partial charge is 0.257 e. The quantitative estimate of drug-likeness (QED) is 0.693. The first-order valence-corrected chi connectivity index (χ1v) is 8.93. The summed E-state index contributed by atoms with van der Waals surface area (Å²) in [6.45, 7) is 4.09. The van der Waals surface area contributed by atoms with E-state index in [4.69, 9.17) is 0 Å². The zero-order valence-electron chi connectivity index (χ0n) is 15.2. The van der Waals surface area contributed by atoms with E-state index < -0.39 is 11.5 Å². The standard InChI is InChI=1S/C20H20F2N4O/c1-13-9-15(11-16(21)10-13)20(22)4-7-25(8-5-20)19(27)17-12-23-18-3-6-24-26(18)14(17)2/h3,6,9-12H,4-5,7-8H2,1-2H3. The third-order valence-electron chi connectivity index (χ3n) is 5.29. The molecule has 2 aromatic heterocycles. The number of alkyl halides is 1. The zero-order chi connectivity index (χ0) is 19.2. The minimum atomic E-state index is -1.62. The third kappa shape index (κ3) is 3.07. The maximum absolute atomic E-state index is 15.4. The van der Waals surface area contributed by atoms with E-state index in [9.17, 15) is 9.18 Å². The Morgan fingerprint density at radius 3 is 2.63 bits per heavy atom. The molecule has 0 bridgehead atoms. The Hall–Kier alpha value is -2.83. The molecule has 0 radical (unpaired) electrons. The Morgan fingerprint density at radius 1 is 1.19 bits per heavy atom. The molecule has 0 saturated carbocycles. The van der Waals surface area contributed by atoms with Crippen molar-refractivity contribution in [2.45, 2.75) is 32.4 Å². The van der Waals surface area contributed by atoms with Crippen molar-refractivity contribution in [2.75, 3.05) is 13.1 Å². The number of benzene rings is 1. The Labute approximate surface area is 155 Å². The van der Waals surface area contributed by atoms with Gasteiger partial charge in [-0.05, 0) is 37.1 Å². The SMILES string of the molecule is Cc1cc(F)cc(C2(F)CCN(C(=O)c3cnc4ccnn4c3C)CC2)c1. The van der Waals surface area contributed by atoms with E-state index in [0.29, 0.717) is 28.0 Å². The van der Waals surface area contributed by atoms with Gasteiger partial charge in [0.1, 0.15) is 11.5 Å². The van der Waals surface area contributed by atoms with Crippen molar-refractivity contribution in [3.05, 3.63) is 64.9 Å². The van der Waals surface area contributed by atoms with Crippen LogP contribution in [-0.2, 0) is 5.67 Å². The molecule has 0 aliphatic carbocycles. The topological polar surface area (TPSA) is 50.5 Å². The second-order valence-electron chi connectivity index (χ2n) is 7.13. The van der Waals surface area contributed by atoms with Crippen molar-refractivity contribution < 1.29 is 13.6 Å². The van der Waals surface area contributed by atoms with E-state index in [1.54, 1.807) is 40.9 Å². The normalized spacial score (nSPS) is 16.7. The summed E-state index contributed by atoms with van der Waals surface area (Å²) >= 11 is 0. The number of aryl methyl sites for hydroxylation is 2. The molecule has 27 heavy (non-hydrogen) atoms. The number of piperidine rings is 1. The van der Waals surface area contributed by atoms with Gasteiger partial charge >= 0.3 is 0 Å². The lowest BCUT2D eigenvalue weighted by Gasteiger charge is -2.37. The molecule has 3 aromatic rings. The van der Waals surface area contributed by atoms with Gasteiger partial charge in [-0.1, -0.05) is 6.07 Å². The summed E-state index contributed by atoms with van der Waals surface area (Å²) in [5, 5.41) is 4.17. The lowest BCUT2D eigenvalue weighted by Crippen LogP contribution is -2.43. The second-order valence-corrected chi connectivity index (χ2v) is 7.13. The van der Waals surface area contributed by atoms with Crippen LogP contribution in [-0.4, -0.2) is 38.5 Å². The van der Waals surface area contributed by atoms with E-state index in [2.05, 4.69) is 10.1 Å². The van der Waals surface area contributed by atoms with E-state index in [-0.39, 0.29) is 31.8 Å². The zero-order valence-corrected chi connectivity index (χ0v) is 15.2. The van der Waals surface area contributed by atoms with Gasteiger partial charge in [0, 0.05) is 38.2 Å². The van der Waals surface area contributed by atoms with Gasteiger partial charge in [0.05, 0.1) is 17.5 Å². The van der Waals surface area contributed by atoms with Gasteiger partial charge < -0.3 is 4.90 Å². The van der Waals surface area contributed by atoms with Crippen LogP contribution in [0.5, 0.6) is 0 Å². The Balaban J connectivity index is 1.54. The monoisotopic (exact) mass is 370 g/mol. The molecule has 3 heterocycles. The number of hydrogen-bond donors (Lipinski definition) is 0. The summed E-state index contributed by atoms with van der Waals surface area (Å²) in [5.74, 6) is -0.621. The number of rotatable bonds is 2. The average Bonchev–Trinajstić information content (AvgIpc) is 3.11. The predicted octanol–water partition coefficient (Wildman–Crippen LogP) is 3.59.